The van der Waals surface area contributed by atoms with Gasteiger partial charge in [0.25, 0.3) is 0 Å². The molecule has 0 heterocycles. The van der Waals surface area contributed by atoms with Crippen molar-refractivity contribution in [3.05, 3.63) is 77.9 Å². The molecule has 12 nitrogen and oxygen atoms in total. The normalized spacial score (nSPS) is 12.2. The quantitative estimate of drug-likeness (QED) is 0.0750. The molecular weight excluding hydrogens is 538 g/mol. The summed E-state index contributed by atoms with van der Waals surface area (Å²) in [4.78, 5) is 54.1. The van der Waals surface area contributed by atoms with Crippen LogP contribution in [-0.2, 0) is 25.7 Å². The first-order chi connectivity index (χ1) is 20.1. The largest absolute Gasteiger partial charge is 0.445 e. The van der Waals surface area contributed by atoms with E-state index in [0.717, 1.165) is 11.1 Å². The summed E-state index contributed by atoms with van der Waals surface area (Å²) in [7, 11) is 0. The number of alkyl carbamates (subject to hydrolysis) is 1. The SMILES string of the molecule is CC(C)C(CNC(=O)C=Cc1ccccc1)NC(=O)CNC(=O)C(CCCN=C(N)N)NC(=O)OCc1ccccc1. The molecule has 0 aliphatic carbocycles. The average molecular weight is 580 g/mol. The van der Waals surface area contributed by atoms with Crippen molar-refractivity contribution in [2.24, 2.45) is 22.4 Å². The van der Waals surface area contributed by atoms with Crippen molar-refractivity contribution in [3.8, 4) is 0 Å². The zero-order chi connectivity index (χ0) is 30.7. The molecule has 2 rings (SSSR count). The summed E-state index contributed by atoms with van der Waals surface area (Å²) < 4.78 is 5.23. The second-order valence-electron chi connectivity index (χ2n) is 9.83. The molecule has 0 aromatic heterocycles. The van der Waals surface area contributed by atoms with Crippen LogP contribution in [0.2, 0.25) is 0 Å². The predicted molar refractivity (Wildman–Crippen MR) is 162 cm³/mol. The Hall–Kier alpha value is -4.87. The Kier molecular flexibility index (Phi) is 14.7. The van der Waals surface area contributed by atoms with E-state index in [-0.39, 0.29) is 56.5 Å². The van der Waals surface area contributed by atoms with Crippen molar-refractivity contribution in [2.45, 2.75) is 45.4 Å². The standard InChI is InChI=1S/C30H41N7O5/c1-21(2)25(18-34-26(38)16-15-22-10-5-3-6-11-22)36-27(39)19-35-28(40)24(14-9-17-33-29(31)32)37-30(41)42-20-23-12-7-4-8-13-23/h3-8,10-13,15-16,21,24-25H,9,14,17-20H2,1-2H3,(H,34,38)(H,35,40)(H,36,39)(H,37,41)(H4,31,32,33). The summed E-state index contributed by atoms with van der Waals surface area (Å²) in [6, 6.07) is 17.2. The van der Waals surface area contributed by atoms with Gasteiger partial charge in [-0.25, -0.2) is 4.79 Å². The molecule has 226 valence electrons. The van der Waals surface area contributed by atoms with Crippen LogP contribution >= 0.6 is 0 Å². The van der Waals surface area contributed by atoms with Gasteiger partial charge in [0.15, 0.2) is 5.96 Å². The maximum absolute atomic E-state index is 12.9. The van der Waals surface area contributed by atoms with E-state index < -0.39 is 23.9 Å². The van der Waals surface area contributed by atoms with Gasteiger partial charge in [-0.2, -0.15) is 0 Å². The van der Waals surface area contributed by atoms with Crippen LogP contribution in [-0.4, -0.2) is 61.5 Å². The molecule has 2 atom stereocenters. The molecule has 0 saturated heterocycles. The molecule has 42 heavy (non-hydrogen) atoms. The third kappa shape index (κ3) is 14.0. The number of nitrogens with one attached hydrogen (secondary N) is 4. The first-order valence-electron chi connectivity index (χ1n) is 13.7. The number of rotatable bonds is 16. The highest BCUT2D eigenvalue weighted by atomic mass is 16.5. The molecular formula is C30H41N7O5. The summed E-state index contributed by atoms with van der Waals surface area (Å²) in [5.41, 5.74) is 12.4. The lowest BCUT2D eigenvalue weighted by Gasteiger charge is -2.23. The van der Waals surface area contributed by atoms with Crippen molar-refractivity contribution >= 4 is 35.9 Å². The number of amides is 4. The van der Waals surface area contributed by atoms with Crippen LogP contribution in [0.4, 0.5) is 4.79 Å². The molecule has 0 saturated carbocycles. The zero-order valence-electron chi connectivity index (χ0n) is 24.0. The van der Waals surface area contributed by atoms with Crippen LogP contribution in [0.3, 0.4) is 0 Å². The van der Waals surface area contributed by atoms with E-state index in [2.05, 4.69) is 26.3 Å². The third-order valence-corrected chi connectivity index (χ3v) is 6.06. The molecule has 0 bridgehead atoms. The Balaban J connectivity index is 1.86. The predicted octanol–water partition coefficient (Wildman–Crippen LogP) is 1.42. The number of nitrogens with two attached hydrogens (primary N) is 2. The topological polar surface area (TPSA) is 190 Å². The van der Waals surface area contributed by atoms with E-state index in [1.54, 1.807) is 6.08 Å². The van der Waals surface area contributed by atoms with Gasteiger partial charge >= 0.3 is 6.09 Å². The Bertz CT molecular complexity index is 1200. The van der Waals surface area contributed by atoms with Gasteiger partial charge in [-0.15, -0.1) is 0 Å². The van der Waals surface area contributed by atoms with Crippen LogP contribution < -0.4 is 32.7 Å². The van der Waals surface area contributed by atoms with Crippen LogP contribution in [0, 0.1) is 5.92 Å². The Morgan fingerprint density at radius 3 is 2.24 bits per heavy atom. The van der Waals surface area contributed by atoms with E-state index in [1.165, 1.54) is 6.08 Å². The van der Waals surface area contributed by atoms with Crippen molar-refractivity contribution in [2.75, 3.05) is 19.6 Å². The molecule has 0 fully saturated rings. The molecule has 2 unspecified atom stereocenters. The van der Waals surface area contributed by atoms with Gasteiger partial charge in [-0.05, 0) is 36.0 Å². The van der Waals surface area contributed by atoms with Crippen LogP contribution in [0.1, 0.15) is 37.8 Å². The molecule has 0 aliphatic rings. The molecule has 0 spiro atoms. The minimum Gasteiger partial charge on any atom is -0.445 e. The highest BCUT2D eigenvalue weighted by molar-refractivity contribution is 5.92. The number of carbonyl (C=O) groups excluding carboxylic acids is 4. The number of benzene rings is 2. The highest BCUT2D eigenvalue weighted by Crippen LogP contribution is 2.05. The number of carbonyl (C=O) groups is 4. The molecule has 0 radical (unpaired) electrons. The number of hydrogen-bond donors (Lipinski definition) is 6. The van der Waals surface area contributed by atoms with Crippen LogP contribution in [0.25, 0.3) is 6.08 Å². The second-order valence-corrected chi connectivity index (χ2v) is 9.83. The van der Waals surface area contributed by atoms with E-state index in [4.69, 9.17) is 16.2 Å². The molecule has 0 aliphatic heterocycles. The molecule has 2 aromatic carbocycles. The second kappa shape index (κ2) is 18.5. The number of aliphatic imine (C=N–C) groups is 1. The fourth-order valence-electron chi connectivity index (χ4n) is 3.69. The van der Waals surface area contributed by atoms with E-state index in [1.807, 2.05) is 74.5 Å². The Morgan fingerprint density at radius 2 is 1.60 bits per heavy atom. The fraction of sp³-hybridized carbons (Fsp3) is 0.367. The molecule has 12 heteroatoms. The summed E-state index contributed by atoms with van der Waals surface area (Å²) in [6.07, 6.45) is 2.96. The maximum atomic E-state index is 12.9. The van der Waals surface area contributed by atoms with E-state index in [9.17, 15) is 19.2 Å². The average Bonchev–Trinajstić information content (AvgIpc) is 2.98. The van der Waals surface area contributed by atoms with Crippen molar-refractivity contribution < 1.29 is 23.9 Å². The minimum atomic E-state index is -0.980. The smallest absolute Gasteiger partial charge is 0.408 e. The number of hydrogen-bond acceptors (Lipinski definition) is 6. The van der Waals surface area contributed by atoms with Gasteiger partial charge in [0.1, 0.15) is 12.6 Å². The number of nitrogens with zero attached hydrogens (tertiary/aromatic N) is 1. The molecule has 4 amide bonds. The van der Waals surface area contributed by atoms with Gasteiger partial charge in [0, 0.05) is 25.2 Å². The summed E-state index contributed by atoms with van der Waals surface area (Å²) in [6.45, 7) is 4.00. The molecule has 8 N–H and O–H groups in total. The summed E-state index contributed by atoms with van der Waals surface area (Å²) in [5.74, 6) is -1.37. The first-order valence-corrected chi connectivity index (χ1v) is 13.7. The van der Waals surface area contributed by atoms with Gasteiger partial charge < -0.3 is 37.5 Å². The maximum Gasteiger partial charge on any atom is 0.408 e. The lowest BCUT2D eigenvalue weighted by atomic mass is 10.0. The Morgan fingerprint density at radius 1 is 0.929 bits per heavy atom. The number of guanidine groups is 1. The van der Waals surface area contributed by atoms with Gasteiger partial charge in [-0.3, -0.25) is 19.4 Å². The van der Waals surface area contributed by atoms with Crippen LogP contribution in [0.5, 0.6) is 0 Å². The van der Waals surface area contributed by atoms with Crippen molar-refractivity contribution in [1.82, 2.24) is 21.3 Å². The van der Waals surface area contributed by atoms with E-state index >= 15 is 0 Å². The molecule has 2 aromatic rings. The van der Waals surface area contributed by atoms with Crippen molar-refractivity contribution in [1.29, 1.82) is 0 Å². The van der Waals surface area contributed by atoms with Crippen molar-refractivity contribution in [3.63, 3.8) is 0 Å². The lowest BCUT2D eigenvalue weighted by Crippen LogP contribution is -2.52. The van der Waals surface area contributed by atoms with Gasteiger partial charge in [0.05, 0.1) is 6.54 Å². The van der Waals surface area contributed by atoms with E-state index in [0.29, 0.717) is 6.42 Å². The summed E-state index contributed by atoms with van der Waals surface area (Å²) in [5, 5.41) is 10.7. The fourth-order valence-corrected chi connectivity index (χ4v) is 3.69. The zero-order valence-corrected chi connectivity index (χ0v) is 24.0. The lowest BCUT2D eigenvalue weighted by molar-refractivity contribution is -0.127. The van der Waals surface area contributed by atoms with Gasteiger partial charge in [0.2, 0.25) is 17.7 Å². The minimum absolute atomic E-state index is 0.00684. The first kappa shape index (κ1) is 33.3. The Labute approximate surface area is 246 Å². The third-order valence-electron chi connectivity index (χ3n) is 6.06. The summed E-state index contributed by atoms with van der Waals surface area (Å²) >= 11 is 0. The highest BCUT2D eigenvalue weighted by Gasteiger charge is 2.23. The number of ether oxygens (including phenoxy) is 1. The van der Waals surface area contributed by atoms with Gasteiger partial charge in [-0.1, -0.05) is 74.5 Å². The van der Waals surface area contributed by atoms with Crippen LogP contribution in [0.15, 0.2) is 71.7 Å². The monoisotopic (exact) mass is 579 g/mol.